The third kappa shape index (κ3) is 4.33. The number of methoxy groups -OCH3 is 1. The van der Waals surface area contributed by atoms with E-state index in [1.54, 1.807) is 0 Å². The zero-order valence-electron chi connectivity index (χ0n) is 15.1. The maximum absolute atomic E-state index is 11.9. The molecule has 0 fully saturated rings. The van der Waals surface area contributed by atoms with Crippen LogP contribution in [0.1, 0.15) is 21.5 Å². The zero-order chi connectivity index (χ0) is 19.2. The van der Waals surface area contributed by atoms with Crippen LogP contribution in [-0.4, -0.2) is 23.0 Å². The Kier molecular flexibility index (Phi) is 5.51. The highest BCUT2D eigenvalue weighted by Crippen LogP contribution is 2.27. The molecule has 0 amide bonds. The molecule has 0 unspecified atom stereocenters. The molecule has 0 aliphatic heterocycles. The minimum Gasteiger partial charge on any atom is -0.489 e. The molecule has 3 N–H and O–H groups in total. The highest BCUT2D eigenvalue weighted by Gasteiger charge is 2.18. The van der Waals surface area contributed by atoms with E-state index in [9.17, 15) is 4.79 Å². The number of esters is 1. The van der Waals surface area contributed by atoms with Crippen molar-refractivity contribution in [3.8, 4) is 5.75 Å². The number of aryl methyl sites for hydroxylation is 1. The molecule has 0 radical (unpaired) electrons. The number of nitrogen functional groups attached to an aromatic ring is 1. The van der Waals surface area contributed by atoms with Crippen molar-refractivity contribution in [3.05, 3.63) is 71.5 Å². The summed E-state index contributed by atoms with van der Waals surface area (Å²) in [6.07, 6.45) is 1.29. The lowest BCUT2D eigenvalue weighted by atomic mass is 10.2. The molecule has 7 nitrogen and oxygen atoms in total. The molecule has 0 saturated carbocycles. The van der Waals surface area contributed by atoms with Crippen LogP contribution in [0.4, 0.5) is 17.3 Å². The van der Waals surface area contributed by atoms with Gasteiger partial charge in [-0.3, -0.25) is 0 Å². The highest BCUT2D eigenvalue weighted by atomic mass is 16.5. The van der Waals surface area contributed by atoms with Crippen molar-refractivity contribution in [2.24, 2.45) is 0 Å². The van der Waals surface area contributed by atoms with E-state index in [0.717, 1.165) is 22.6 Å². The second-order valence-electron chi connectivity index (χ2n) is 5.85. The second-order valence-corrected chi connectivity index (χ2v) is 5.85. The Morgan fingerprint density at radius 3 is 2.63 bits per heavy atom. The average molecular weight is 364 g/mol. The summed E-state index contributed by atoms with van der Waals surface area (Å²) in [6, 6.07) is 15.6. The molecule has 1 heterocycles. The number of nitrogens with zero attached hydrogens (tertiary/aromatic N) is 2. The van der Waals surface area contributed by atoms with E-state index in [1.165, 1.54) is 13.4 Å². The summed E-state index contributed by atoms with van der Waals surface area (Å²) in [7, 11) is 1.28. The molecule has 1 aromatic heterocycles. The molecule has 0 saturated heterocycles. The molecule has 7 heteroatoms. The second kappa shape index (κ2) is 8.18. The van der Waals surface area contributed by atoms with Gasteiger partial charge in [-0.25, -0.2) is 14.8 Å². The van der Waals surface area contributed by atoms with Gasteiger partial charge in [-0.05, 0) is 36.2 Å². The zero-order valence-corrected chi connectivity index (χ0v) is 15.1. The van der Waals surface area contributed by atoms with E-state index in [4.69, 9.17) is 15.2 Å². The first-order valence-electron chi connectivity index (χ1n) is 8.31. The number of ether oxygens (including phenoxy) is 2. The van der Waals surface area contributed by atoms with E-state index in [1.807, 2.05) is 55.5 Å². The van der Waals surface area contributed by atoms with Gasteiger partial charge in [0.2, 0.25) is 0 Å². The summed E-state index contributed by atoms with van der Waals surface area (Å²) >= 11 is 0. The SMILES string of the molecule is COC(=O)c1c(N)ncnc1Nc1ccc(OCc2ccccc2)c(C)c1. The number of aromatic nitrogens is 2. The number of hydrogen-bond donors (Lipinski definition) is 2. The fourth-order valence-electron chi connectivity index (χ4n) is 2.56. The fraction of sp³-hybridized carbons (Fsp3) is 0.150. The summed E-state index contributed by atoms with van der Waals surface area (Å²) in [6.45, 7) is 2.43. The largest absolute Gasteiger partial charge is 0.489 e. The van der Waals surface area contributed by atoms with Crippen LogP contribution in [0.25, 0.3) is 0 Å². The van der Waals surface area contributed by atoms with Crippen molar-refractivity contribution in [2.75, 3.05) is 18.2 Å². The molecule has 0 bridgehead atoms. The van der Waals surface area contributed by atoms with Crippen LogP contribution in [0.15, 0.2) is 54.9 Å². The fourth-order valence-corrected chi connectivity index (χ4v) is 2.56. The van der Waals surface area contributed by atoms with Crippen LogP contribution in [0.5, 0.6) is 5.75 Å². The van der Waals surface area contributed by atoms with Crippen LogP contribution in [-0.2, 0) is 11.3 Å². The van der Waals surface area contributed by atoms with E-state index in [2.05, 4.69) is 15.3 Å². The van der Waals surface area contributed by atoms with E-state index in [-0.39, 0.29) is 17.2 Å². The molecular weight excluding hydrogens is 344 g/mol. The van der Waals surface area contributed by atoms with Gasteiger partial charge in [-0.2, -0.15) is 0 Å². The van der Waals surface area contributed by atoms with Crippen molar-refractivity contribution in [1.29, 1.82) is 0 Å². The maximum Gasteiger partial charge on any atom is 0.345 e. The Bertz CT molecular complexity index is 945. The lowest BCUT2D eigenvalue weighted by molar-refractivity contribution is 0.0602. The molecule has 2 aromatic carbocycles. The maximum atomic E-state index is 11.9. The topological polar surface area (TPSA) is 99.4 Å². The van der Waals surface area contributed by atoms with E-state index in [0.29, 0.717) is 6.61 Å². The first-order valence-corrected chi connectivity index (χ1v) is 8.31. The first kappa shape index (κ1) is 18.2. The van der Waals surface area contributed by atoms with E-state index >= 15 is 0 Å². The lowest BCUT2D eigenvalue weighted by Crippen LogP contribution is -2.12. The minimum atomic E-state index is -0.602. The van der Waals surface area contributed by atoms with Crippen molar-refractivity contribution >= 4 is 23.3 Å². The Hall–Kier alpha value is -3.61. The van der Waals surface area contributed by atoms with Gasteiger partial charge in [0.05, 0.1) is 7.11 Å². The number of hydrogen-bond acceptors (Lipinski definition) is 7. The van der Waals surface area contributed by atoms with E-state index < -0.39 is 5.97 Å². The average Bonchev–Trinajstić information content (AvgIpc) is 2.68. The quantitative estimate of drug-likeness (QED) is 0.646. The smallest absolute Gasteiger partial charge is 0.345 e. The molecule has 0 aliphatic rings. The van der Waals surface area contributed by atoms with Crippen molar-refractivity contribution in [3.63, 3.8) is 0 Å². The highest BCUT2D eigenvalue weighted by molar-refractivity contribution is 5.99. The number of nitrogens with two attached hydrogens (primary N) is 1. The predicted molar refractivity (Wildman–Crippen MR) is 103 cm³/mol. The van der Waals surface area contributed by atoms with Crippen LogP contribution >= 0.6 is 0 Å². The van der Waals surface area contributed by atoms with Crippen LogP contribution in [0, 0.1) is 6.92 Å². The van der Waals surface area contributed by atoms with Gasteiger partial charge in [0, 0.05) is 5.69 Å². The molecule has 3 aromatic rings. The Balaban J connectivity index is 1.77. The summed E-state index contributed by atoms with van der Waals surface area (Å²) in [5.41, 5.74) is 8.66. The Morgan fingerprint density at radius 1 is 1.15 bits per heavy atom. The van der Waals surface area contributed by atoms with Gasteiger partial charge in [0.25, 0.3) is 0 Å². The number of carbonyl (C=O) groups is 1. The minimum absolute atomic E-state index is 0.0545. The van der Waals surface area contributed by atoms with Gasteiger partial charge >= 0.3 is 5.97 Å². The monoisotopic (exact) mass is 364 g/mol. The summed E-state index contributed by atoms with van der Waals surface area (Å²) in [5.74, 6) is 0.514. The predicted octanol–water partition coefficient (Wildman–Crippen LogP) is 3.48. The summed E-state index contributed by atoms with van der Waals surface area (Å²) in [4.78, 5) is 19.9. The van der Waals surface area contributed by atoms with Gasteiger partial charge in [0.1, 0.15) is 30.1 Å². The van der Waals surface area contributed by atoms with Crippen LogP contribution < -0.4 is 15.8 Å². The molecule has 3 rings (SSSR count). The van der Waals surface area contributed by atoms with Crippen LogP contribution in [0.2, 0.25) is 0 Å². The third-order valence-electron chi connectivity index (χ3n) is 3.94. The molecule has 0 spiro atoms. The van der Waals surface area contributed by atoms with Crippen molar-refractivity contribution in [2.45, 2.75) is 13.5 Å². The van der Waals surface area contributed by atoms with Gasteiger partial charge in [0.15, 0.2) is 5.82 Å². The number of benzene rings is 2. The number of nitrogens with one attached hydrogen (secondary N) is 1. The molecule has 138 valence electrons. The Morgan fingerprint density at radius 2 is 1.93 bits per heavy atom. The normalized spacial score (nSPS) is 10.3. The van der Waals surface area contributed by atoms with Gasteiger partial charge < -0.3 is 20.5 Å². The number of carbonyl (C=O) groups excluding carboxylic acids is 1. The standard InChI is InChI=1S/C20H20N4O3/c1-13-10-15(8-9-16(13)27-11-14-6-4-3-5-7-14)24-19-17(20(25)26-2)18(21)22-12-23-19/h3-10,12H,11H2,1-2H3,(H3,21,22,23,24). The Labute approximate surface area is 157 Å². The summed E-state index contributed by atoms with van der Waals surface area (Å²) in [5, 5.41) is 3.08. The lowest BCUT2D eigenvalue weighted by Gasteiger charge is -2.13. The van der Waals surface area contributed by atoms with Crippen molar-refractivity contribution < 1.29 is 14.3 Å². The van der Waals surface area contributed by atoms with Gasteiger partial charge in [-0.1, -0.05) is 30.3 Å². The third-order valence-corrected chi connectivity index (χ3v) is 3.94. The van der Waals surface area contributed by atoms with Crippen molar-refractivity contribution in [1.82, 2.24) is 9.97 Å². The number of rotatable bonds is 6. The van der Waals surface area contributed by atoms with Crippen LogP contribution in [0.3, 0.4) is 0 Å². The van der Waals surface area contributed by atoms with Gasteiger partial charge in [-0.15, -0.1) is 0 Å². The number of anilines is 3. The molecule has 0 atom stereocenters. The first-order chi connectivity index (χ1) is 13.1. The molecule has 27 heavy (non-hydrogen) atoms. The molecular formula is C20H20N4O3. The summed E-state index contributed by atoms with van der Waals surface area (Å²) < 4.78 is 10.6. The molecule has 0 aliphatic carbocycles.